The fourth-order valence-corrected chi connectivity index (χ4v) is 2.75. The molecule has 0 aromatic rings. The van der Waals surface area contributed by atoms with Crippen LogP contribution in [0.3, 0.4) is 0 Å². The number of likely N-dealkylation sites (tertiary alicyclic amines) is 1. The normalized spacial score (nSPS) is 38.1. The molecule has 0 aromatic heterocycles. The van der Waals surface area contributed by atoms with Gasteiger partial charge in [-0.2, -0.15) is 0 Å². The lowest BCUT2D eigenvalue weighted by atomic mass is 10.0. The highest BCUT2D eigenvalue weighted by atomic mass is 35.5. The molecule has 0 aromatic carbocycles. The van der Waals surface area contributed by atoms with Gasteiger partial charge < -0.3 is 9.64 Å². The SMILES string of the molecule is CO[C@H]1CCN(C(=O)C2CNN(C)C2Cl)C[C@H]1F. The third-order valence-corrected chi connectivity index (χ3v) is 4.27. The van der Waals surface area contributed by atoms with Crippen molar-refractivity contribution >= 4 is 17.5 Å². The van der Waals surface area contributed by atoms with Gasteiger partial charge >= 0.3 is 0 Å². The number of hydrazine groups is 1. The van der Waals surface area contributed by atoms with Crippen LogP contribution in [-0.4, -0.2) is 67.4 Å². The first kappa shape index (κ1) is 14.0. The Bertz CT molecular complexity index is 321. The minimum absolute atomic E-state index is 0.0796. The van der Waals surface area contributed by atoms with Gasteiger partial charge in [0.25, 0.3) is 0 Å². The summed E-state index contributed by atoms with van der Waals surface area (Å²) in [4.78, 5) is 13.8. The third-order valence-electron chi connectivity index (χ3n) is 3.68. The molecule has 2 fully saturated rings. The van der Waals surface area contributed by atoms with Gasteiger partial charge in [0.15, 0.2) is 0 Å². The molecule has 0 radical (unpaired) electrons. The van der Waals surface area contributed by atoms with Crippen molar-refractivity contribution in [2.45, 2.75) is 24.2 Å². The van der Waals surface area contributed by atoms with Crippen molar-refractivity contribution < 1.29 is 13.9 Å². The minimum Gasteiger partial charge on any atom is -0.378 e. The molecule has 2 aliphatic rings. The van der Waals surface area contributed by atoms with Crippen LogP contribution in [0.4, 0.5) is 4.39 Å². The summed E-state index contributed by atoms with van der Waals surface area (Å²) in [7, 11) is 3.29. The number of nitrogens with one attached hydrogen (secondary N) is 1. The number of ether oxygens (including phenoxy) is 1. The summed E-state index contributed by atoms with van der Waals surface area (Å²) < 4.78 is 18.8. The lowest BCUT2D eigenvalue weighted by molar-refractivity contribution is -0.140. The molecular formula is C11H19ClFN3O2. The quantitative estimate of drug-likeness (QED) is 0.580. The molecule has 1 N–H and O–H groups in total. The molecule has 2 saturated heterocycles. The lowest BCUT2D eigenvalue weighted by Gasteiger charge is -2.35. The molecule has 104 valence electrons. The molecule has 18 heavy (non-hydrogen) atoms. The first-order chi connectivity index (χ1) is 8.54. The maximum absolute atomic E-state index is 13.7. The van der Waals surface area contributed by atoms with Gasteiger partial charge in [-0.05, 0) is 6.42 Å². The highest BCUT2D eigenvalue weighted by molar-refractivity contribution is 6.22. The van der Waals surface area contributed by atoms with Crippen LogP contribution in [0.2, 0.25) is 0 Å². The monoisotopic (exact) mass is 279 g/mol. The van der Waals surface area contributed by atoms with E-state index >= 15 is 0 Å². The van der Waals surface area contributed by atoms with Gasteiger partial charge in [-0.25, -0.2) is 9.40 Å². The summed E-state index contributed by atoms with van der Waals surface area (Å²) in [5.74, 6) is -0.396. The Balaban J connectivity index is 1.94. The van der Waals surface area contributed by atoms with Gasteiger partial charge in [0.2, 0.25) is 5.91 Å². The van der Waals surface area contributed by atoms with E-state index in [2.05, 4.69) is 5.43 Å². The summed E-state index contributed by atoms with van der Waals surface area (Å²) >= 11 is 6.13. The van der Waals surface area contributed by atoms with Crippen molar-refractivity contribution in [3.8, 4) is 0 Å². The molecule has 2 heterocycles. The second kappa shape index (κ2) is 5.69. The molecule has 2 rings (SSSR count). The number of carbonyl (C=O) groups excluding carboxylic acids is 1. The average molecular weight is 280 g/mol. The molecule has 7 heteroatoms. The van der Waals surface area contributed by atoms with Crippen molar-refractivity contribution in [3.63, 3.8) is 0 Å². The van der Waals surface area contributed by atoms with E-state index in [0.717, 1.165) is 0 Å². The molecule has 4 atom stereocenters. The fraction of sp³-hybridized carbons (Fsp3) is 0.909. The summed E-state index contributed by atoms with van der Waals surface area (Å²) in [6, 6.07) is 0. The van der Waals surface area contributed by atoms with Crippen LogP contribution in [0.5, 0.6) is 0 Å². The summed E-state index contributed by atoms with van der Waals surface area (Å²) in [6.45, 7) is 1.13. The number of rotatable bonds is 2. The van der Waals surface area contributed by atoms with Crippen molar-refractivity contribution in [1.29, 1.82) is 0 Å². The number of alkyl halides is 2. The number of hydrogen-bond acceptors (Lipinski definition) is 4. The van der Waals surface area contributed by atoms with Crippen molar-refractivity contribution in [2.24, 2.45) is 5.92 Å². The van der Waals surface area contributed by atoms with Crippen LogP contribution >= 0.6 is 11.6 Å². The molecule has 1 amide bonds. The molecule has 5 nitrogen and oxygen atoms in total. The van der Waals surface area contributed by atoms with E-state index in [-0.39, 0.29) is 23.9 Å². The number of halogens is 2. The Labute approximate surface area is 111 Å². The molecular weight excluding hydrogens is 261 g/mol. The summed E-state index contributed by atoms with van der Waals surface area (Å²) in [5.41, 5.74) is 2.63. The van der Waals surface area contributed by atoms with Crippen LogP contribution in [0.25, 0.3) is 0 Å². The molecule has 0 aliphatic carbocycles. The first-order valence-corrected chi connectivity index (χ1v) is 6.54. The maximum Gasteiger partial charge on any atom is 0.230 e. The average Bonchev–Trinajstić information content (AvgIpc) is 2.69. The topological polar surface area (TPSA) is 44.8 Å². The minimum atomic E-state index is -1.12. The van der Waals surface area contributed by atoms with Gasteiger partial charge in [0.1, 0.15) is 11.7 Å². The number of nitrogens with zero attached hydrogens (tertiary/aromatic N) is 2. The van der Waals surface area contributed by atoms with E-state index in [0.29, 0.717) is 19.5 Å². The number of carbonyl (C=O) groups is 1. The highest BCUT2D eigenvalue weighted by Crippen LogP contribution is 2.24. The maximum atomic E-state index is 13.7. The zero-order chi connectivity index (χ0) is 13.3. The van der Waals surface area contributed by atoms with Crippen LogP contribution < -0.4 is 5.43 Å². The Hall–Kier alpha value is -0.430. The van der Waals surface area contributed by atoms with E-state index in [9.17, 15) is 9.18 Å². The largest absolute Gasteiger partial charge is 0.378 e. The van der Waals surface area contributed by atoms with Gasteiger partial charge in [0.05, 0.1) is 18.6 Å². The molecule has 0 spiro atoms. The number of hydrogen-bond donors (Lipinski definition) is 1. The van der Waals surface area contributed by atoms with Crippen molar-refractivity contribution in [1.82, 2.24) is 15.3 Å². The van der Waals surface area contributed by atoms with E-state index in [1.807, 2.05) is 0 Å². The summed E-state index contributed by atoms with van der Waals surface area (Å²) in [5, 5.41) is 1.71. The third kappa shape index (κ3) is 2.61. The number of methoxy groups -OCH3 is 1. The van der Waals surface area contributed by atoms with Crippen LogP contribution in [0.1, 0.15) is 6.42 Å². The smallest absolute Gasteiger partial charge is 0.230 e. The second-order valence-electron chi connectivity index (χ2n) is 4.82. The van der Waals surface area contributed by atoms with Crippen molar-refractivity contribution in [2.75, 3.05) is 33.8 Å². The van der Waals surface area contributed by atoms with Gasteiger partial charge in [-0.15, -0.1) is 11.6 Å². The highest BCUT2D eigenvalue weighted by Gasteiger charge is 2.40. The predicted octanol–water partition coefficient (Wildman–Crippen LogP) is 0.203. The molecule has 2 aliphatic heterocycles. The Morgan fingerprint density at radius 2 is 2.28 bits per heavy atom. The van der Waals surface area contributed by atoms with Crippen molar-refractivity contribution in [3.05, 3.63) is 0 Å². The standard InChI is InChI=1S/C11H19ClFN3O2/c1-15-10(12)7(5-14-15)11(17)16-4-3-9(18-2)8(13)6-16/h7-10,14H,3-6H2,1-2H3/t7?,8-,9+,10?/m1/s1. The Kier molecular flexibility index (Phi) is 4.42. The van der Waals surface area contributed by atoms with Gasteiger partial charge in [0, 0.05) is 27.2 Å². The fourth-order valence-electron chi connectivity index (χ4n) is 2.49. The molecule has 0 saturated carbocycles. The number of amides is 1. The Morgan fingerprint density at radius 1 is 1.56 bits per heavy atom. The van der Waals surface area contributed by atoms with Crippen LogP contribution in [-0.2, 0) is 9.53 Å². The van der Waals surface area contributed by atoms with E-state index < -0.39 is 12.3 Å². The van der Waals surface area contributed by atoms with Crippen LogP contribution in [0.15, 0.2) is 0 Å². The zero-order valence-corrected chi connectivity index (χ0v) is 11.4. The van der Waals surface area contributed by atoms with Gasteiger partial charge in [-0.1, -0.05) is 0 Å². The summed E-state index contributed by atoms with van der Waals surface area (Å²) in [6.07, 6.45) is -0.981. The molecule has 2 unspecified atom stereocenters. The number of piperidine rings is 1. The molecule has 0 bridgehead atoms. The van der Waals surface area contributed by atoms with E-state index in [4.69, 9.17) is 16.3 Å². The second-order valence-corrected chi connectivity index (χ2v) is 5.26. The predicted molar refractivity (Wildman–Crippen MR) is 65.8 cm³/mol. The van der Waals surface area contributed by atoms with E-state index in [1.54, 1.807) is 17.0 Å². The first-order valence-electron chi connectivity index (χ1n) is 6.10. The van der Waals surface area contributed by atoms with Crippen LogP contribution in [0, 0.1) is 5.92 Å². The lowest BCUT2D eigenvalue weighted by Crippen LogP contribution is -2.51. The van der Waals surface area contributed by atoms with Gasteiger partial charge in [-0.3, -0.25) is 10.2 Å². The zero-order valence-electron chi connectivity index (χ0n) is 10.6. The van der Waals surface area contributed by atoms with E-state index in [1.165, 1.54) is 7.11 Å². The Morgan fingerprint density at radius 3 is 2.78 bits per heavy atom.